The molecule has 0 spiro atoms. The Morgan fingerprint density at radius 3 is 2.10 bits per heavy atom. The monoisotopic (exact) mass is 379 g/mol. The normalized spacial score (nSPS) is 10.3. The third kappa shape index (κ3) is 4.28. The molecule has 2 rings (SSSR count). The molecule has 21 heavy (non-hydrogen) atoms. The van der Waals surface area contributed by atoms with Gasteiger partial charge in [0, 0.05) is 10.7 Å². The Bertz CT molecular complexity index is 683. The molecule has 0 aromatic heterocycles. The van der Waals surface area contributed by atoms with Gasteiger partial charge in [-0.2, -0.15) is 0 Å². The van der Waals surface area contributed by atoms with Gasteiger partial charge in [-0.1, -0.05) is 46.4 Å². The van der Waals surface area contributed by atoms with Gasteiger partial charge in [0.25, 0.3) is 0 Å². The van der Waals surface area contributed by atoms with Crippen LogP contribution in [-0.2, 0) is 0 Å². The van der Waals surface area contributed by atoms with Gasteiger partial charge in [-0.15, -0.1) is 0 Å². The van der Waals surface area contributed by atoms with E-state index in [2.05, 4.69) is 10.6 Å². The zero-order valence-electron chi connectivity index (χ0n) is 10.4. The van der Waals surface area contributed by atoms with Crippen LogP contribution in [0.4, 0.5) is 17.1 Å². The molecular weight excluding hydrogens is 372 g/mol. The van der Waals surface area contributed by atoms with Gasteiger partial charge in [0.1, 0.15) is 0 Å². The number of rotatable bonds is 2. The van der Waals surface area contributed by atoms with E-state index in [1.807, 2.05) is 0 Å². The topological polar surface area (TPSA) is 50.1 Å². The Hall–Kier alpha value is -0.910. The summed E-state index contributed by atoms with van der Waals surface area (Å²) in [5.74, 6) is 0. The molecule has 0 aliphatic rings. The molecule has 2 aromatic carbocycles. The second-order valence-electron chi connectivity index (χ2n) is 4.06. The Morgan fingerprint density at radius 2 is 1.52 bits per heavy atom. The summed E-state index contributed by atoms with van der Waals surface area (Å²) >= 11 is 29.0. The fraction of sp³-hybridized carbons (Fsp3) is 0. The standard InChI is InChI=1S/C13H9Cl4N3S/c14-6-1-2-11(8(15)3-6)20-13(21)19-7-4-9(16)12(18)10(17)5-7/h1-5H,18H2,(H2,19,20,21). The molecule has 0 aliphatic heterocycles. The number of anilines is 3. The second kappa shape index (κ2) is 6.90. The van der Waals surface area contributed by atoms with Gasteiger partial charge in [0.2, 0.25) is 0 Å². The van der Waals surface area contributed by atoms with Crippen molar-refractivity contribution < 1.29 is 0 Å². The minimum absolute atomic E-state index is 0.323. The molecule has 0 aliphatic carbocycles. The molecule has 0 amide bonds. The maximum Gasteiger partial charge on any atom is 0.175 e. The maximum atomic E-state index is 6.05. The van der Waals surface area contributed by atoms with E-state index < -0.39 is 0 Å². The summed E-state index contributed by atoms with van der Waals surface area (Å²) in [5, 5.41) is 7.92. The van der Waals surface area contributed by atoms with Crippen molar-refractivity contribution in [2.75, 3.05) is 16.4 Å². The van der Waals surface area contributed by atoms with Gasteiger partial charge in [-0.25, -0.2) is 0 Å². The fourth-order valence-corrected chi connectivity index (χ4v) is 2.70. The summed E-state index contributed by atoms with van der Waals surface area (Å²) in [7, 11) is 0. The van der Waals surface area contributed by atoms with Crippen molar-refractivity contribution in [1.82, 2.24) is 0 Å². The molecule has 3 nitrogen and oxygen atoms in total. The van der Waals surface area contributed by atoms with Gasteiger partial charge in [0.05, 0.1) is 26.4 Å². The van der Waals surface area contributed by atoms with Crippen LogP contribution in [0.5, 0.6) is 0 Å². The first kappa shape index (κ1) is 16.5. The van der Waals surface area contributed by atoms with Crippen LogP contribution in [0.25, 0.3) is 0 Å². The average Bonchev–Trinajstić information content (AvgIpc) is 2.39. The highest BCUT2D eigenvalue weighted by Crippen LogP contribution is 2.31. The molecule has 0 radical (unpaired) electrons. The summed E-state index contributed by atoms with van der Waals surface area (Å²) in [5.41, 5.74) is 7.24. The molecule has 0 saturated heterocycles. The molecule has 8 heteroatoms. The van der Waals surface area contributed by atoms with Gasteiger partial charge >= 0.3 is 0 Å². The van der Waals surface area contributed by atoms with E-state index in [-0.39, 0.29) is 0 Å². The minimum Gasteiger partial charge on any atom is -0.396 e. The smallest absolute Gasteiger partial charge is 0.175 e. The zero-order valence-corrected chi connectivity index (χ0v) is 14.2. The van der Waals surface area contributed by atoms with Crippen LogP contribution in [0.3, 0.4) is 0 Å². The molecule has 0 unspecified atom stereocenters. The molecule has 0 fully saturated rings. The molecule has 0 heterocycles. The van der Waals surface area contributed by atoms with Crippen LogP contribution in [-0.4, -0.2) is 5.11 Å². The number of hydrogen-bond acceptors (Lipinski definition) is 2. The molecule has 0 atom stereocenters. The molecule has 2 aromatic rings. The lowest BCUT2D eigenvalue weighted by Crippen LogP contribution is -2.19. The number of nitrogens with one attached hydrogen (secondary N) is 2. The van der Waals surface area contributed by atoms with Crippen LogP contribution in [0.2, 0.25) is 20.1 Å². The van der Waals surface area contributed by atoms with Gasteiger partial charge < -0.3 is 16.4 Å². The first-order valence-electron chi connectivity index (χ1n) is 5.64. The number of benzene rings is 2. The summed E-state index contributed by atoms with van der Waals surface area (Å²) < 4.78 is 0. The fourth-order valence-electron chi connectivity index (χ4n) is 1.53. The van der Waals surface area contributed by atoms with Crippen molar-refractivity contribution in [2.45, 2.75) is 0 Å². The molecule has 110 valence electrons. The number of thiocarbonyl (C=S) groups is 1. The maximum absolute atomic E-state index is 6.05. The molecule has 4 N–H and O–H groups in total. The first-order chi connectivity index (χ1) is 9.86. The minimum atomic E-state index is 0.323. The zero-order chi connectivity index (χ0) is 15.6. The Labute approximate surface area is 147 Å². The number of nitrogen functional groups attached to an aromatic ring is 1. The molecule has 0 bridgehead atoms. The van der Waals surface area contributed by atoms with Crippen molar-refractivity contribution in [3.8, 4) is 0 Å². The van der Waals surface area contributed by atoms with Gasteiger partial charge in [0.15, 0.2) is 5.11 Å². The summed E-state index contributed by atoms with van der Waals surface area (Å²) in [4.78, 5) is 0. The predicted octanol–water partition coefficient (Wildman–Crippen LogP) is 5.69. The Kier molecular flexibility index (Phi) is 5.41. The highest BCUT2D eigenvalue weighted by Gasteiger charge is 2.07. The van der Waals surface area contributed by atoms with Crippen LogP contribution < -0.4 is 16.4 Å². The van der Waals surface area contributed by atoms with Crippen LogP contribution in [0.1, 0.15) is 0 Å². The first-order valence-corrected chi connectivity index (χ1v) is 7.56. The SMILES string of the molecule is Nc1c(Cl)cc(NC(=S)Nc2ccc(Cl)cc2Cl)cc1Cl. The second-order valence-corrected chi connectivity index (χ2v) is 6.12. The Balaban J connectivity index is 2.12. The van der Waals surface area contributed by atoms with E-state index in [4.69, 9.17) is 64.4 Å². The van der Waals surface area contributed by atoms with E-state index in [1.165, 1.54) is 0 Å². The number of halogens is 4. The van der Waals surface area contributed by atoms with Crippen LogP contribution >= 0.6 is 58.6 Å². The van der Waals surface area contributed by atoms with Crippen molar-refractivity contribution in [3.63, 3.8) is 0 Å². The quantitative estimate of drug-likeness (QED) is 0.462. The van der Waals surface area contributed by atoms with Gasteiger partial charge in [-0.3, -0.25) is 0 Å². The molecule has 0 saturated carbocycles. The van der Waals surface area contributed by atoms with E-state index in [0.717, 1.165) is 0 Å². The van der Waals surface area contributed by atoms with Crippen molar-refractivity contribution in [1.29, 1.82) is 0 Å². The lowest BCUT2D eigenvalue weighted by Gasteiger charge is -2.13. The Morgan fingerprint density at radius 1 is 0.905 bits per heavy atom. The van der Waals surface area contributed by atoms with E-state index in [1.54, 1.807) is 30.3 Å². The largest absolute Gasteiger partial charge is 0.396 e. The predicted molar refractivity (Wildman–Crippen MR) is 97.2 cm³/mol. The lowest BCUT2D eigenvalue weighted by atomic mass is 10.3. The van der Waals surface area contributed by atoms with Crippen LogP contribution in [0.15, 0.2) is 30.3 Å². The van der Waals surface area contributed by atoms with Crippen molar-refractivity contribution in [3.05, 3.63) is 50.4 Å². The highest BCUT2D eigenvalue weighted by atomic mass is 35.5. The van der Waals surface area contributed by atoms with Crippen molar-refractivity contribution >= 4 is 80.8 Å². The van der Waals surface area contributed by atoms with Crippen molar-refractivity contribution in [2.24, 2.45) is 0 Å². The third-order valence-corrected chi connectivity index (χ3v) is 3.89. The average molecular weight is 381 g/mol. The number of hydrogen-bond donors (Lipinski definition) is 3. The number of nitrogens with two attached hydrogens (primary N) is 1. The van der Waals surface area contributed by atoms with E-state index in [9.17, 15) is 0 Å². The lowest BCUT2D eigenvalue weighted by molar-refractivity contribution is 1.59. The summed E-state index contributed by atoms with van der Waals surface area (Å²) in [6.45, 7) is 0. The van der Waals surface area contributed by atoms with Crippen LogP contribution in [0, 0.1) is 0 Å². The highest BCUT2D eigenvalue weighted by molar-refractivity contribution is 7.80. The van der Waals surface area contributed by atoms with E-state index >= 15 is 0 Å². The summed E-state index contributed by atoms with van der Waals surface area (Å²) in [6.07, 6.45) is 0. The summed E-state index contributed by atoms with van der Waals surface area (Å²) in [6, 6.07) is 8.29. The van der Waals surface area contributed by atoms with E-state index in [0.29, 0.717) is 42.3 Å². The van der Waals surface area contributed by atoms with Gasteiger partial charge in [-0.05, 0) is 42.5 Å². The third-order valence-electron chi connectivity index (χ3n) is 2.52. The molecular formula is C13H9Cl4N3S.